The van der Waals surface area contributed by atoms with Crippen molar-refractivity contribution in [3.8, 4) is 0 Å². The molecule has 3 rings (SSSR count). The number of primary amides is 1. The zero-order valence-electron chi connectivity index (χ0n) is 17.3. The largest absolute Gasteiger partial charge is 0.351 e. The summed E-state index contributed by atoms with van der Waals surface area (Å²) in [6.07, 6.45) is 0. The van der Waals surface area contributed by atoms with Gasteiger partial charge in [0.2, 0.25) is 5.95 Å². The van der Waals surface area contributed by atoms with Crippen molar-refractivity contribution in [2.75, 3.05) is 10.2 Å². The number of carbonyl (C=O) groups excluding carboxylic acids is 4. The normalized spacial score (nSPS) is 10.4. The fraction of sp³-hybridized carbons (Fsp3) is 0.0476. The molecule has 0 radical (unpaired) electrons. The van der Waals surface area contributed by atoms with Crippen LogP contribution in [0.3, 0.4) is 0 Å². The highest BCUT2D eigenvalue weighted by atomic mass is 35.5. The predicted octanol–water partition coefficient (Wildman–Crippen LogP) is 3.40. The first-order valence-electron chi connectivity index (χ1n) is 9.38. The van der Waals surface area contributed by atoms with Crippen molar-refractivity contribution in [1.29, 1.82) is 0 Å². The predicted molar refractivity (Wildman–Crippen MR) is 117 cm³/mol. The summed E-state index contributed by atoms with van der Waals surface area (Å²) in [7, 11) is 0. The van der Waals surface area contributed by atoms with E-state index in [-0.39, 0.29) is 22.4 Å². The van der Waals surface area contributed by atoms with E-state index in [4.69, 9.17) is 17.3 Å². The second-order valence-corrected chi connectivity index (χ2v) is 7.08. The molecule has 10 nitrogen and oxygen atoms in total. The highest BCUT2D eigenvalue weighted by molar-refractivity contribution is 6.29. The molecule has 6 amide bonds. The molecule has 1 heterocycles. The average molecular weight is 489 g/mol. The number of imide groups is 2. The van der Waals surface area contributed by atoms with Crippen LogP contribution in [0.1, 0.15) is 26.4 Å². The molecule has 0 aliphatic carbocycles. The Bertz CT molecular complexity index is 1260. The van der Waals surface area contributed by atoms with Gasteiger partial charge in [0.25, 0.3) is 11.8 Å². The van der Waals surface area contributed by atoms with Crippen LogP contribution in [0.4, 0.5) is 30.0 Å². The average Bonchev–Trinajstić information content (AvgIpc) is 2.73. The van der Waals surface area contributed by atoms with Crippen molar-refractivity contribution in [3.05, 3.63) is 82.1 Å². The van der Waals surface area contributed by atoms with Crippen molar-refractivity contribution < 1.29 is 28.0 Å². The Hall–Kier alpha value is -4.45. The van der Waals surface area contributed by atoms with Crippen LogP contribution in [0.25, 0.3) is 0 Å². The molecular weight excluding hydrogens is 474 g/mol. The van der Waals surface area contributed by atoms with E-state index in [0.29, 0.717) is 10.6 Å². The smallest absolute Gasteiger partial charge is 0.328 e. The third-order valence-corrected chi connectivity index (χ3v) is 4.43. The van der Waals surface area contributed by atoms with E-state index in [1.54, 1.807) is 12.2 Å². The maximum absolute atomic E-state index is 13.7. The van der Waals surface area contributed by atoms with Gasteiger partial charge in [-0.05, 0) is 49.4 Å². The number of carbonyl (C=O) groups is 4. The Morgan fingerprint density at radius 3 is 2.18 bits per heavy atom. The highest BCUT2D eigenvalue weighted by Crippen LogP contribution is 2.18. The van der Waals surface area contributed by atoms with Crippen LogP contribution >= 0.6 is 11.6 Å². The molecule has 0 spiro atoms. The van der Waals surface area contributed by atoms with Crippen LogP contribution in [0.5, 0.6) is 0 Å². The highest BCUT2D eigenvalue weighted by Gasteiger charge is 2.26. The maximum atomic E-state index is 13.7. The molecule has 0 saturated heterocycles. The van der Waals surface area contributed by atoms with E-state index < -0.39 is 41.1 Å². The number of hydrogen-bond donors (Lipinski definition) is 3. The SMILES string of the molecule is Cc1cc(Cl)nc(N(C(N)=O)C(=O)c2ccc(NC(=O)NC(=O)c3c(F)cccc3F)cc2)n1. The summed E-state index contributed by atoms with van der Waals surface area (Å²) >= 11 is 5.86. The molecule has 3 aromatic rings. The quantitative estimate of drug-likeness (QED) is 0.479. The summed E-state index contributed by atoms with van der Waals surface area (Å²) in [4.78, 5) is 57.0. The third kappa shape index (κ3) is 5.48. The number of anilines is 2. The number of nitrogens with one attached hydrogen (secondary N) is 2. The topological polar surface area (TPSA) is 147 Å². The molecule has 34 heavy (non-hydrogen) atoms. The molecule has 0 saturated carbocycles. The fourth-order valence-electron chi connectivity index (χ4n) is 2.77. The number of aryl methyl sites for hydroxylation is 1. The van der Waals surface area contributed by atoms with Crippen LogP contribution in [-0.4, -0.2) is 33.8 Å². The van der Waals surface area contributed by atoms with Gasteiger partial charge in [0.05, 0.1) is 0 Å². The number of rotatable bonds is 4. The number of urea groups is 2. The van der Waals surface area contributed by atoms with Crippen LogP contribution in [0, 0.1) is 18.6 Å². The van der Waals surface area contributed by atoms with Gasteiger partial charge in [-0.15, -0.1) is 0 Å². The number of benzene rings is 2. The van der Waals surface area contributed by atoms with E-state index in [2.05, 4.69) is 15.3 Å². The fourth-order valence-corrected chi connectivity index (χ4v) is 3.01. The standard InChI is InChI=1S/C21H15ClF2N6O4/c1-10-9-15(22)28-20(26-10)30(19(25)33)18(32)11-5-7-12(8-6-11)27-21(34)29-17(31)16-13(23)3-2-4-14(16)24/h2-9H,1H3,(H2,25,33)(H2,27,29,31,34). The molecule has 174 valence electrons. The van der Waals surface area contributed by atoms with Crippen LogP contribution < -0.4 is 21.3 Å². The maximum Gasteiger partial charge on any atom is 0.328 e. The van der Waals surface area contributed by atoms with Crippen molar-refractivity contribution in [2.24, 2.45) is 5.73 Å². The molecule has 4 N–H and O–H groups in total. The van der Waals surface area contributed by atoms with E-state index in [1.807, 2.05) is 0 Å². The number of aromatic nitrogens is 2. The number of amides is 6. The lowest BCUT2D eigenvalue weighted by atomic mass is 10.2. The second-order valence-electron chi connectivity index (χ2n) is 6.69. The second kappa shape index (κ2) is 10.0. The number of nitrogens with two attached hydrogens (primary N) is 1. The first-order valence-corrected chi connectivity index (χ1v) is 9.76. The van der Waals surface area contributed by atoms with Gasteiger partial charge >= 0.3 is 12.1 Å². The van der Waals surface area contributed by atoms with E-state index in [9.17, 15) is 28.0 Å². The van der Waals surface area contributed by atoms with Gasteiger partial charge in [-0.25, -0.2) is 28.3 Å². The minimum absolute atomic E-state index is 0.00285. The molecular formula is C21H15ClF2N6O4. The first kappa shape index (κ1) is 24.2. The summed E-state index contributed by atoms with van der Waals surface area (Å²) < 4.78 is 27.3. The molecule has 0 bridgehead atoms. The lowest BCUT2D eigenvalue weighted by molar-refractivity contribution is 0.0956. The Morgan fingerprint density at radius 2 is 1.62 bits per heavy atom. The first-order chi connectivity index (χ1) is 16.1. The zero-order chi connectivity index (χ0) is 25.0. The number of halogens is 3. The molecule has 13 heteroatoms. The van der Waals surface area contributed by atoms with Crippen LogP contribution in [0.15, 0.2) is 48.5 Å². The van der Waals surface area contributed by atoms with E-state index in [0.717, 1.165) is 18.2 Å². The Morgan fingerprint density at radius 1 is 1.00 bits per heavy atom. The van der Waals surface area contributed by atoms with E-state index in [1.165, 1.54) is 30.3 Å². The van der Waals surface area contributed by atoms with Gasteiger partial charge in [-0.1, -0.05) is 17.7 Å². The molecule has 2 aromatic carbocycles. The summed E-state index contributed by atoms with van der Waals surface area (Å²) in [5.41, 5.74) is 4.89. The van der Waals surface area contributed by atoms with Crippen LogP contribution in [0.2, 0.25) is 5.15 Å². The molecule has 0 aliphatic rings. The Kier molecular flexibility index (Phi) is 7.12. The van der Waals surface area contributed by atoms with Crippen LogP contribution in [-0.2, 0) is 0 Å². The molecule has 0 unspecified atom stereocenters. The summed E-state index contributed by atoms with van der Waals surface area (Å²) in [6, 6.07) is 7.09. The summed E-state index contributed by atoms with van der Waals surface area (Å²) in [5.74, 6) is -4.73. The molecule has 1 aromatic heterocycles. The minimum atomic E-state index is -1.28. The van der Waals surface area contributed by atoms with Gasteiger partial charge in [0.1, 0.15) is 22.4 Å². The third-order valence-electron chi connectivity index (χ3n) is 4.24. The number of hydrogen-bond acceptors (Lipinski definition) is 6. The molecule has 0 aliphatic heterocycles. The van der Waals surface area contributed by atoms with Gasteiger partial charge < -0.3 is 11.1 Å². The Balaban J connectivity index is 1.72. The van der Waals surface area contributed by atoms with Crippen molar-refractivity contribution >= 4 is 47.1 Å². The lowest BCUT2D eigenvalue weighted by Gasteiger charge is -2.17. The summed E-state index contributed by atoms with van der Waals surface area (Å²) in [6.45, 7) is 1.58. The number of nitrogens with zero attached hydrogens (tertiary/aromatic N) is 3. The Labute approximate surface area is 195 Å². The molecule has 0 fully saturated rings. The monoisotopic (exact) mass is 488 g/mol. The van der Waals surface area contributed by atoms with Gasteiger partial charge in [0.15, 0.2) is 0 Å². The van der Waals surface area contributed by atoms with Gasteiger partial charge in [0, 0.05) is 16.9 Å². The van der Waals surface area contributed by atoms with Crippen molar-refractivity contribution in [3.63, 3.8) is 0 Å². The molecule has 0 atom stereocenters. The van der Waals surface area contributed by atoms with Crippen molar-refractivity contribution in [2.45, 2.75) is 6.92 Å². The van der Waals surface area contributed by atoms with Gasteiger partial charge in [-0.2, -0.15) is 4.90 Å². The minimum Gasteiger partial charge on any atom is -0.351 e. The summed E-state index contributed by atoms with van der Waals surface area (Å²) in [5, 5.41) is 4.06. The van der Waals surface area contributed by atoms with E-state index >= 15 is 0 Å². The zero-order valence-corrected chi connectivity index (χ0v) is 18.1. The van der Waals surface area contributed by atoms with Crippen molar-refractivity contribution in [1.82, 2.24) is 15.3 Å². The lowest BCUT2D eigenvalue weighted by Crippen LogP contribution is -2.42. The van der Waals surface area contributed by atoms with Gasteiger partial charge in [-0.3, -0.25) is 14.9 Å².